The zero-order valence-electron chi connectivity index (χ0n) is 14.2. The van der Waals surface area contributed by atoms with Crippen molar-refractivity contribution < 1.29 is 0 Å². The molecule has 3 aromatic carbocycles. The second-order valence-electron chi connectivity index (χ2n) is 6.17. The zero-order chi connectivity index (χ0) is 18.2. The average Bonchev–Trinajstić information content (AvgIpc) is 3.33. The average molecular weight is 388 g/mol. The Labute approximate surface area is 165 Å². The number of hydrogen-bond donors (Lipinski definition) is 0. The molecular weight excluding hydrogens is 374 g/mol. The van der Waals surface area contributed by atoms with Crippen molar-refractivity contribution in [2.45, 2.75) is 0 Å². The predicted octanol–water partition coefficient (Wildman–Crippen LogP) is 6.47. The summed E-state index contributed by atoms with van der Waals surface area (Å²) >= 11 is 7.73. The molecule has 5 heteroatoms. The number of benzene rings is 3. The highest BCUT2D eigenvalue weighted by Gasteiger charge is 2.16. The predicted molar refractivity (Wildman–Crippen MR) is 113 cm³/mol. The first-order chi connectivity index (χ1) is 13.3. The summed E-state index contributed by atoms with van der Waals surface area (Å²) in [5, 5.41) is 6.42. The maximum Gasteiger partial charge on any atom is 0.212 e. The monoisotopic (exact) mass is 387 g/mol. The molecule has 0 bridgehead atoms. The lowest BCUT2D eigenvalue weighted by Gasteiger charge is -2.03. The molecule has 3 nitrogen and oxygen atoms in total. The quantitative estimate of drug-likeness (QED) is 0.355. The molecule has 0 N–H and O–H groups in total. The van der Waals surface area contributed by atoms with Crippen LogP contribution in [0.1, 0.15) is 0 Å². The molecule has 2 heterocycles. The molecule has 130 valence electrons. The van der Waals surface area contributed by atoms with Gasteiger partial charge in [0.05, 0.1) is 21.6 Å². The molecular formula is C22H14ClN3S. The van der Waals surface area contributed by atoms with E-state index in [-0.39, 0.29) is 0 Å². The summed E-state index contributed by atoms with van der Waals surface area (Å²) in [6, 6.07) is 28.3. The maximum absolute atomic E-state index is 6.14. The number of thiazole rings is 1. The van der Waals surface area contributed by atoms with Gasteiger partial charge in [0, 0.05) is 16.1 Å². The lowest BCUT2D eigenvalue weighted by molar-refractivity contribution is 0.884. The van der Waals surface area contributed by atoms with Gasteiger partial charge in [0.15, 0.2) is 0 Å². The molecule has 0 unspecified atom stereocenters. The molecule has 0 aliphatic carbocycles. The smallest absolute Gasteiger partial charge is 0.212 e. The van der Waals surface area contributed by atoms with Gasteiger partial charge in [0.1, 0.15) is 0 Å². The minimum Gasteiger partial charge on any atom is -0.218 e. The van der Waals surface area contributed by atoms with Crippen LogP contribution in [-0.4, -0.2) is 14.8 Å². The van der Waals surface area contributed by atoms with Gasteiger partial charge in [-0.15, -0.1) is 0 Å². The molecule has 0 spiro atoms. The van der Waals surface area contributed by atoms with Crippen LogP contribution in [0.15, 0.2) is 84.9 Å². The van der Waals surface area contributed by atoms with Crippen LogP contribution in [0.25, 0.3) is 37.9 Å². The molecule has 27 heavy (non-hydrogen) atoms. The van der Waals surface area contributed by atoms with Crippen LogP contribution in [0.3, 0.4) is 0 Å². The molecule has 0 aliphatic heterocycles. The second-order valence-corrected chi connectivity index (χ2v) is 7.61. The third-order valence-electron chi connectivity index (χ3n) is 4.37. The Morgan fingerprint density at radius 1 is 0.778 bits per heavy atom. The third kappa shape index (κ3) is 3.03. The SMILES string of the molecule is Clc1ccc2nc(-n3nc(-c4ccccc4)cc3-c3ccccc3)sc2c1. The molecule has 0 saturated carbocycles. The van der Waals surface area contributed by atoms with E-state index in [0.717, 1.165) is 37.9 Å². The van der Waals surface area contributed by atoms with Crippen molar-refractivity contribution in [1.29, 1.82) is 0 Å². The fraction of sp³-hybridized carbons (Fsp3) is 0. The first-order valence-electron chi connectivity index (χ1n) is 8.55. The van der Waals surface area contributed by atoms with E-state index in [9.17, 15) is 0 Å². The highest BCUT2D eigenvalue weighted by molar-refractivity contribution is 7.20. The van der Waals surface area contributed by atoms with Gasteiger partial charge in [-0.05, 0) is 24.3 Å². The van der Waals surface area contributed by atoms with Gasteiger partial charge in [-0.1, -0.05) is 83.6 Å². The van der Waals surface area contributed by atoms with Crippen LogP contribution in [0.5, 0.6) is 0 Å². The summed E-state index contributed by atoms with van der Waals surface area (Å²) in [6.07, 6.45) is 0. The van der Waals surface area contributed by atoms with E-state index in [1.165, 1.54) is 0 Å². The lowest BCUT2D eigenvalue weighted by Crippen LogP contribution is -1.98. The fourth-order valence-electron chi connectivity index (χ4n) is 3.07. The Hall–Kier alpha value is -2.95. The fourth-order valence-corrected chi connectivity index (χ4v) is 4.28. The summed E-state index contributed by atoms with van der Waals surface area (Å²) in [5.74, 6) is 0. The van der Waals surface area contributed by atoms with Crippen molar-refractivity contribution in [1.82, 2.24) is 14.8 Å². The third-order valence-corrected chi connectivity index (χ3v) is 5.60. The van der Waals surface area contributed by atoms with Gasteiger partial charge >= 0.3 is 0 Å². The van der Waals surface area contributed by atoms with Gasteiger partial charge in [-0.3, -0.25) is 0 Å². The van der Waals surface area contributed by atoms with E-state index in [0.29, 0.717) is 5.02 Å². The van der Waals surface area contributed by atoms with E-state index >= 15 is 0 Å². The highest BCUT2D eigenvalue weighted by Crippen LogP contribution is 2.33. The summed E-state index contributed by atoms with van der Waals surface area (Å²) < 4.78 is 2.98. The zero-order valence-corrected chi connectivity index (χ0v) is 15.8. The van der Waals surface area contributed by atoms with Crippen LogP contribution in [0, 0.1) is 0 Å². The Bertz CT molecular complexity index is 1230. The van der Waals surface area contributed by atoms with Crippen molar-refractivity contribution >= 4 is 33.2 Å². The van der Waals surface area contributed by atoms with Crippen molar-refractivity contribution in [3.8, 4) is 27.6 Å². The Morgan fingerprint density at radius 2 is 1.48 bits per heavy atom. The van der Waals surface area contributed by atoms with E-state index in [4.69, 9.17) is 21.7 Å². The lowest BCUT2D eigenvalue weighted by atomic mass is 10.1. The van der Waals surface area contributed by atoms with Gasteiger partial charge in [0.2, 0.25) is 5.13 Å². The first kappa shape index (κ1) is 16.2. The van der Waals surface area contributed by atoms with Crippen molar-refractivity contribution in [3.63, 3.8) is 0 Å². The minimum atomic E-state index is 0.714. The van der Waals surface area contributed by atoms with E-state index in [2.05, 4.69) is 30.3 Å². The van der Waals surface area contributed by atoms with Crippen molar-refractivity contribution in [3.05, 3.63) is 90.0 Å². The standard InChI is InChI=1S/C22H14ClN3S/c23-17-11-12-18-21(13-17)27-22(24-18)26-20(16-9-5-2-6-10-16)14-19(25-26)15-7-3-1-4-8-15/h1-14H. The van der Waals surface area contributed by atoms with E-state index < -0.39 is 0 Å². The molecule has 0 saturated heterocycles. The first-order valence-corrected chi connectivity index (χ1v) is 9.75. The molecule has 5 aromatic rings. The van der Waals surface area contributed by atoms with Gasteiger partial charge in [-0.2, -0.15) is 5.10 Å². The van der Waals surface area contributed by atoms with Gasteiger partial charge in [-0.25, -0.2) is 9.67 Å². The van der Waals surface area contributed by atoms with Crippen LogP contribution < -0.4 is 0 Å². The number of aromatic nitrogens is 3. The summed E-state index contributed by atoms with van der Waals surface area (Å²) in [6.45, 7) is 0. The molecule has 5 rings (SSSR count). The van der Waals surface area contributed by atoms with E-state index in [1.807, 2.05) is 59.3 Å². The second kappa shape index (κ2) is 6.65. The van der Waals surface area contributed by atoms with Crippen LogP contribution >= 0.6 is 22.9 Å². The molecule has 0 atom stereocenters. The Morgan fingerprint density at radius 3 is 2.22 bits per heavy atom. The molecule has 0 aliphatic rings. The van der Waals surface area contributed by atoms with Crippen molar-refractivity contribution in [2.24, 2.45) is 0 Å². The maximum atomic E-state index is 6.14. The number of halogens is 1. The number of fused-ring (bicyclic) bond motifs is 1. The van der Waals surface area contributed by atoms with Crippen LogP contribution in [0.2, 0.25) is 5.02 Å². The van der Waals surface area contributed by atoms with Crippen LogP contribution in [0.4, 0.5) is 0 Å². The minimum absolute atomic E-state index is 0.714. The number of rotatable bonds is 3. The van der Waals surface area contributed by atoms with Crippen LogP contribution in [-0.2, 0) is 0 Å². The largest absolute Gasteiger partial charge is 0.218 e. The summed E-state index contributed by atoms with van der Waals surface area (Å²) in [7, 11) is 0. The normalized spacial score (nSPS) is 11.1. The molecule has 2 aromatic heterocycles. The summed E-state index contributed by atoms with van der Waals surface area (Å²) in [5.41, 5.74) is 5.04. The van der Waals surface area contributed by atoms with Crippen molar-refractivity contribution in [2.75, 3.05) is 0 Å². The Kier molecular flexibility index (Phi) is 4.00. The van der Waals surface area contributed by atoms with Gasteiger partial charge in [0.25, 0.3) is 0 Å². The van der Waals surface area contributed by atoms with Gasteiger partial charge < -0.3 is 0 Å². The highest BCUT2D eigenvalue weighted by atomic mass is 35.5. The molecule has 0 radical (unpaired) electrons. The van der Waals surface area contributed by atoms with E-state index in [1.54, 1.807) is 11.3 Å². The number of hydrogen-bond acceptors (Lipinski definition) is 3. The topological polar surface area (TPSA) is 30.7 Å². The molecule has 0 amide bonds. The molecule has 0 fully saturated rings. The Balaban J connectivity index is 1.73. The number of nitrogens with zero attached hydrogens (tertiary/aromatic N) is 3. The summed E-state index contributed by atoms with van der Waals surface area (Å²) in [4.78, 5) is 4.78.